The number of nitrogens with one attached hydrogen (secondary N) is 1. The molecule has 0 spiro atoms. The van der Waals surface area contributed by atoms with Gasteiger partial charge in [-0.25, -0.2) is 0 Å². The van der Waals surface area contributed by atoms with Gasteiger partial charge >= 0.3 is 0 Å². The van der Waals surface area contributed by atoms with E-state index in [1.165, 1.54) is 5.56 Å². The molecule has 1 aliphatic rings. The van der Waals surface area contributed by atoms with Crippen LogP contribution in [0.4, 0.5) is 0 Å². The zero-order valence-corrected chi connectivity index (χ0v) is 18.7. The summed E-state index contributed by atoms with van der Waals surface area (Å²) in [5.74, 6) is 0.232. The minimum absolute atomic E-state index is 0.0321. The van der Waals surface area contributed by atoms with Crippen molar-refractivity contribution in [2.24, 2.45) is 5.92 Å². The van der Waals surface area contributed by atoms with Gasteiger partial charge in [0.15, 0.2) is 6.10 Å². The molecule has 2 aromatic rings. The largest absolute Gasteiger partial charge is 0.479 e. The fourth-order valence-electron chi connectivity index (χ4n) is 3.68. The monoisotopic (exact) mass is 420 g/mol. The maximum absolute atomic E-state index is 12.9. The number of benzene rings is 2. The molecule has 0 aliphatic carbocycles. The van der Waals surface area contributed by atoms with E-state index in [0.717, 1.165) is 38.3 Å². The Hall–Kier alpha value is -2.88. The number of hydrogen-bond donors (Lipinski definition) is 1. The number of ether oxygens (including phenoxy) is 1. The van der Waals surface area contributed by atoms with E-state index in [2.05, 4.69) is 40.4 Å². The van der Waals surface area contributed by atoms with E-state index in [0.29, 0.717) is 17.9 Å². The summed E-state index contributed by atoms with van der Waals surface area (Å²) in [4.78, 5) is 17.7. The summed E-state index contributed by atoms with van der Waals surface area (Å²) >= 11 is 0. The van der Waals surface area contributed by atoms with Gasteiger partial charge in [-0.05, 0) is 36.2 Å². The summed E-state index contributed by atoms with van der Waals surface area (Å²) in [6, 6.07) is 17.5. The predicted molar refractivity (Wildman–Crippen MR) is 121 cm³/mol. The van der Waals surface area contributed by atoms with Gasteiger partial charge in [0.1, 0.15) is 11.8 Å². The average Bonchev–Trinajstić information content (AvgIpc) is 2.77. The van der Waals surface area contributed by atoms with Gasteiger partial charge in [0.05, 0.1) is 5.56 Å². The number of hydrogen-bond acceptors (Lipinski definition) is 5. The van der Waals surface area contributed by atoms with E-state index >= 15 is 0 Å². The van der Waals surface area contributed by atoms with Gasteiger partial charge in [0.2, 0.25) is 0 Å². The standard InChI is InChI=1S/C25H32N4O2/c1-19(2)24(31-23-10-5-4-9-22(23)16-26)25(30)27-17-20-7-6-8-21(15-20)18-29-13-11-28(3)12-14-29/h4-10,15,19,24H,11-14,17-18H2,1-3H3,(H,27,30). The number of carbonyl (C=O) groups is 1. The fourth-order valence-corrected chi connectivity index (χ4v) is 3.68. The summed E-state index contributed by atoms with van der Waals surface area (Å²) in [7, 11) is 2.16. The van der Waals surface area contributed by atoms with E-state index in [1.807, 2.05) is 26.0 Å². The second kappa shape index (κ2) is 10.9. The SMILES string of the molecule is CC(C)C(Oc1ccccc1C#N)C(=O)NCc1cccc(CN2CCN(C)CC2)c1. The number of para-hydroxylation sites is 1. The topological polar surface area (TPSA) is 68.6 Å². The second-order valence-corrected chi connectivity index (χ2v) is 8.51. The van der Waals surface area contributed by atoms with Crippen molar-refractivity contribution < 1.29 is 9.53 Å². The number of piperazine rings is 1. The van der Waals surface area contributed by atoms with Crippen LogP contribution >= 0.6 is 0 Å². The molecule has 1 atom stereocenters. The number of likely N-dealkylation sites (N-methyl/N-ethyl adjacent to an activating group) is 1. The maximum atomic E-state index is 12.9. The van der Waals surface area contributed by atoms with Gasteiger partial charge in [0, 0.05) is 39.3 Å². The molecular weight excluding hydrogens is 388 g/mol. The van der Waals surface area contributed by atoms with Crippen molar-refractivity contribution in [1.82, 2.24) is 15.1 Å². The van der Waals surface area contributed by atoms with Crippen LogP contribution in [0.3, 0.4) is 0 Å². The van der Waals surface area contributed by atoms with E-state index in [4.69, 9.17) is 4.74 Å². The Bertz CT molecular complexity index is 914. The van der Waals surface area contributed by atoms with Gasteiger partial charge in [0.25, 0.3) is 5.91 Å². The Labute approximate surface area is 185 Å². The summed E-state index contributed by atoms with van der Waals surface area (Å²) in [6.45, 7) is 9.61. The summed E-state index contributed by atoms with van der Waals surface area (Å²) in [5.41, 5.74) is 2.76. The molecule has 6 nitrogen and oxygen atoms in total. The average molecular weight is 421 g/mol. The molecule has 6 heteroatoms. The molecule has 2 aromatic carbocycles. The van der Waals surface area contributed by atoms with Crippen LogP contribution in [0.5, 0.6) is 5.75 Å². The molecule has 1 aliphatic heterocycles. The van der Waals surface area contributed by atoms with Crippen LogP contribution in [0.1, 0.15) is 30.5 Å². The number of nitrogens with zero attached hydrogens (tertiary/aromatic N) is 3. The first-order chi connectivity index (χ1) is 15.0. The molecule has 1 fully saturated rings. The van der Waals surface area contributed by atoms with Crippen LogP contribution in [0, 0.1) is 17.2 Å². The molecule has 1 N–H and O–H groups in total. The lowest BCUT2D eigenvalue weighted by Gasteiger charge is -2.32. The van der Waals surface area contributed by atoms with Crippen molar-refractivity contribution in [3.05, 3.63) is 65.2 Å². The molecule has 0 aromatic heterocycles. The number of amides is 1. The van der Waals surface area contributed by atoms with E-state index in [9.17, 15) is 10.1 Å². The summed E-state index contributed by atoms with van der Waals surface area (Å²) in [6.07, 6.45) is -0.664. The fraction of sp³-hybridized carbons (Fsp3) is 0.440. The Balaban J connectivity index is 1.59. The second-order valence-electron chi connectivity index (χ2n) is 8.51. The highest BCUT2D eigenvalue weighted by Crippen LogP contribution is 2.21. The van der Waals surface area contributed by atoms with Crippen LogP contribution in [-0.2, 0) is 17.9 Å². The highest BCUT2D eigenvalue weighted by molar-refractivity contribution is 5.81. The molecular formula is C25H32N4O2. The van der Waals surface area contributed by atoms with Crippen LogP contribution in [0.15, 0.2) is 48.5 Å². The quantitative estimate of drug-likeness (QED) is 0.711. The van der Waals surface area contributed by atoms with Crippen LogP contribution in [0.2, 0.25) is 0 Å². The van der Waals surface area contributed by atoms with Crippen molar-refractivity contribution in [2.75, 3.05) is 33.2 Å². The third-order valence-electron chi connectivity index (χ3n) is 5.59. The van der Waals surface area contributed by atoms with Crippen molar-refractivity contribution >= 4 is 5.91 Å². The van der Waals surface area contributed by atoms with Crippen molar-refractivity contribution in [3.63, 3.8) is 0 Å². The first-order valence-corrected chi connectivity index (χ1v) is 10.9. The van der Waals surface area contributed by atoms with Gasteiger partial charge in [-0.2, -0.15) is 5.26 Å². The Morgan fingerprint density at radius 2 is 1.81 bits per heavy atom. The number of rotatable bonds is 8. The van der Waals surface area contributed by atoms with Crippen LogP contribution in [0.25, 0.3) is 0 Å². The first-order valence-electron chi connectivity index (χ1n) is 10.9. The minimum atomic E-state index is -0.664. The maximum Gasteiger partial charge on any atom is 0.261 e. The molecule has 31 heavy (non-hydrogen) atoms. The molecule has 1 saturated heterocycles. The van der Waals surface area contributed by atoms with E-state index in [1.54, 1.807) is 24.3 Å². The number of nitriles is 1. The van der Waals surface area contributed by atoms with Gasteiger partial charge in [-0.1, -0.05) is 50.2 Å². The van der Waals surface area contributed by atoms with Crippen LogP contribution in [-0.4, -0.2) is 55.0 Å². The highest BCUT2D eigenvalue weighted by atomic mass is 16.5. The molecule has 164 valence electrons. The summed E-state index contributed by atoms with van der Waals surface area (Å²) < 4.78 is 5.94. The molecule has 1 heterocycles. The molecule has 0 saturated carbocycles. The lowest BCUT2D eigenvalue weighted by atomic mass is 10.1. The van der Waals surface area contributed by atoms with E-state index < -0.39 is 6.10 Å². The highest BCUT2D eigenvalue weighted by Gasteiger charge is 2.25. The summed E-state index contributed by atoms with van der Waals surface area (Å²) in [5, 5.41) is 12.3. The third-order valence-corrected chi connectivity index (χ3v) is 5.59. The molecule has 0 radical (unpaired) electrons. The lowest BCUT2D eigenvalue weighted by molar-refractivity contribution is -0.130. The predicted octanol–water partition coefficient (Wildman–Crippen LogP) is 3.03. The lowest BCUT2D eigenvalue weighted by Crippen LogP contribution is -2.43. The van der Waals surface area contributed by atoms with E-state index in [-0.39, 0.29) is 11.8 Å². The zero-order chi connectivity index (χ0) is 22.2. The molecule has 1 amide bonds. The Kier molecular flexibility index (Phi) is 8.05. The minimum Gasteiger partial charge on any atom is -0.479 e. The van der Waals surface area contributed by atoms with Crippen molar-refractivity contribution in [1.29, 1.82) is 5.26 Å². The molecule has 3 rings (SSSR count). The smallest absolute Gasteiger partial charge is 0.261 e. The third kappa shape index (κ3) is 6.55. The zero-order valence-electron chi connectivity index (χ0n) is 18.7. The van der Waals surface area contributed by atoms with Gasteiger partial charge < -0.3 is 15.0 Å². The Morgan fingerprint density at radius 3 is 2.52 bits per heavy atom. The van der Waals surface area contributed by atoms with Crippen molar-refractivity contribution in [3.8, 4) is 11.8 Å². The molecule has 0 bridgehead atoms. The van der Waals surface area contributed by atoms with Crippen LogP contribution < -0.4 is 10.1 Å². The molecule has 1 unspecified atom stereocenters. The normalized spacial score (nSPS) is 16.0. The first kappa shape index (κ1) is 22.8. The van der Waals surface area contributed by atoms with Gasteiger partial charge in [-0.3, -0.25) is 9.69 Å². The Morgan fingerprint density at radius 1 is 1.10 bits per heavy atom. The van der Waals surface area contributed by atoms with Crippen molar-refractivity contribution in [2.45, 2.75) is 33.0 Å². The number of carbonyl (C=O) groups excluding carboxylic acids is 1. The van der Waals surface area contributed by atoms with Gasteiger partial charge in [-0.15, -0.1) is 0 Å².